The van der Waals surface area contributed by atoms with Gasteiger partial charge in [0.25, 0.3) is 5.91 Å². The van der Waals surface area contributed by atoms with E-state index < -0.39 is 0 Å². The standard InChI is InChI=1S/C19H21N3OS2/c1-19(10-11-25-18(20)22-19)14-5-3-4-13(12-14)17(23)21-15-6-8-16(24-2)9-7-15/h3-9,12H,10-11H2,1-2H3,(H2,20,22)(H,21,23). The number of hydrogen-bond acceptors (Lipinski definition) is 5. The second kappa shape index (κ2) is 7.54. The largest absolute Gasteiger partial charge is 0.379 e. The number of nitrogens with two attached hydrogens (primary N) is 1. The van der Waals surface area contributed by atoms with E-state index in [4.69, 9.17) is 5.73 Å². The molecule has 0 spiro atoms. The van der Waals surface area contributed by atoms with Crippen LogP contribution in [0.4, 0.5) is 5.69 Å². The fourth-order valence-corrected chi connectivity index (χ4v) is 4.15. The van der Waals surface area contributed by atoms with E-state index >= 15 is 0 Å². The normalized spacial score (nSPS) is 20.0. The minimum atomic E-state index is -0.369. The van der Waals surface area contributed by atoms with Crippen LogP contribution in [0.3, 0.4) is 0 Å². The van der Waals surface area contributed by atoms with Gasteiger partial charge in [-0.3, -0.25) is 9.79 Å². The van der Waals surface area contributed by atoms with Crippen LogP contribution in [0.15, 0.2) is 58.4 Å². The molecule has 0 fully saturated rings. The summed E-state index contributed by atoms with van der Waals surface area (Å²) in [6, 6.07) is 15.5. The molecule has 0 saturated carbocycles. The van der Waals surface area contributed by atoms with Gasteiger partial charge in [0.2, 0.25) is 0 Å². The van der Waals surface area contributed by atoms with E-state index in [2.05, 4.69) is 17.2 Å². The maximum atomic E-state index is 12.6. The molecular weight excluding hydrogens is 350 g/mol. The summed E-state index contributed by atoms with van der Waals surface area (Å²) in [5.74, 6) is 0.814. The Bertz CT molecular complexity index is 805. The Hall–Kier alpha value is -1.92. The summed E-state index contributed by atoms with van der Waals surface area (Å²) in [6.07, 6.45) is 2.93. The van der Waals surface area contributed by atoms with Crippen LogP contribution >= 0.6 is 23.5 Å². The van der Waals surface area contributed by atoms with Crippen LogP contribution in [-0.2, 0) is 5.54 Å². The summed E-state index contributed by atoms with van der Waals surface area (Å²) in [5, 5.41) is 3.56. The monoisotopic (exact) mass is 371 g/mol. The number of amides is 1. The summed E-state index contributed by atoms with van der Waals surface area (Å²) in [5.41, 5.74) is 7.96. The van der Waals surface area contributed by atoms with Gasteiger partial charge in [-0.05, 0) is 61.6 Å². The van der Waals surface area contributed by atoms with E-state index in [-0.39, 0.29) is 11.4 Å². The predicted octanol–water partition coefficient (Wildman–Crippen LogP) is 4.33. The molecule has 3 rings (SSSR count). The van der Waals surface area contributed by atoms with E-state index in [9.17, 15) is 4.79 Å². The second-order valence-electron chi connectivity index (χ2n) is 6.09. The summed E-state index contributed by atoms with van der Waals surface area (Å²) in [7, 11) is 0. The molecule has 2 aromatic rings. The minimum absolute atomic E-state index is 0.121. The highest BCUT2D eigenvalue weighted by Gasteiger charge is 2.29. The van der Waals surface area contributed by atoms with Crippen molar-refractivity contribution in [3.63, 3.8) is 0 Å². The molecule has 0 radical (unpaired) electrons. The maximum absolute atomic E-state index is 12.6. The van der Waals surface area contributed by atoms with Crippen molar-refractivity contribution in [2.24, 2.45) is 10.7 Å². The van der Waals surface area contributed by atoms with Crippen LogP contribution < -0.4 is 11.1 Å². The van der Waals surface area contributed by atoms with E-state index in [0.717, 1.165) is 23.4 Å². The summed E-state index contributed by atoms with van der Waals surface area (Å²) >= 11 is 3.25. The van der Waals surface area contributed by atoms with Gasteiger partial charge in [-0.25, -0.2) is 0 Å². The zero-order valence-electron chi connectivity index (χ0n) is 14.3. The molecule has 0 saturated heterocycles. The minimum Gasteiger partial charge on any atom is -0.379 e. The average molecular weight is 372 g/mol. The third-order valence-electron chi connectivity index (χ3n) is 4.29. The molecule has 130 valence electrons. The Kier molecular flexibility index (Phi) is 5.39. The number of aliphatic imine (C=N–C) groups is 1. The second-order valence-corrected chi connectivity index (χ2v) is 8.08. The third-order valence-corrected chi connectivity index (χ3v) is 5.83. The number of carbonyl (C=O) groups excluding carboxylic acids is 1. The number of anilines is 1. The van der Waals surface area contributed by atoms with Crippen molar-refractivity contribution in [2.75, 3.05) is 17.3 Å². The zero-order valence-corrected chi connectivity index (χ0v) is 15.9. The van der Waals surface area contributed by atoms with Crippen LogP contribution in [0, 0.1) is 0 Å². The fourth-order valence-electron chi connectivity index (χ4n) is 2.77. The van der Waals surface area contributed by atoms with Crippen LogP contribution in [0.2, 0.25) is 0 Å². The Labute approximate surface area is 156 Å². The van der Waals surface area contributed by atoms with Crippen molar-refractivity contribution in [3.8, 4) is 0 Å². The van der Waals surface area contributed by atoms with Crippen LogP contribution in [-0.4, -0.2) is 23.1 Å². The van der Waals surface area contributed by atoms with Crippen molar-refractivity contribution in [1.29, 1.82) is 0 Å². The van der Waals surface area contributed by atoms with Crippen molar-refractivity contribution in [1.82, 2.24) is 0 Å². The van der Waals surface area contributed by atoms with E-state index in [1.54, 1.807) is 23.5 Å². The van der Waals surface area contributed by atoms with Crippen LogP contribution in [0.1, 0.15) is 29.3 Å². The number of rotatable bonds is 4. The highest BCUT2D eigenvalue weighted by Crippen LogP contribution is 2.35. The molecule has 2 aromatic carbocycles. The molecule has 0 aliphatic carbocycles. The molecule has 0 bridgehead atoms. The summed E-state index contributed by atoms with van der Waals surface area (Å²) < 4.78 is 0. The van der Waals surface area contributed by atoms with Crippen molar-refractivity contribution in [3.05, 3.63) is 59.7 Å². The Morgan fingerprint density at radius 2 is 2.04 bits per heavy atom. The first kappa shape index (κ1) is 17.9. The molecule has 3 N–H and O–H groups in total. The molecule has 6 heteroatoms. The molecule has 1 heterocycles. The number of hydrogen-bond donors (Lipinski definition) is 2. The fraction of sp³-hybridized carbons (Fsp3) is 0.263. The lowest BCUT2D eigenvalue weighted by Gasteiger charge is -2.30. The van der Waals surface area contributed by atoms with Gasteiger partial charge in [0.15, 0.2) is 5.17 Å². The van der Waals surface area contributed by atoms with Crippen molar-refractivity contribution >= 4 is 40.3 Å². The highest BCUT2D eigenvalue weighted by molar-refractivity contribution is 8.13. The van der Waals surface area contributed by atoms with Gasteiger partial charge in [0.1, 0.15) is 0 Å². The Morgan fingerprint density at radius 1 is 1.28 bits per heavy atom. The topological polar surface area (TPSA) is 67.5 Å². The van der Waals surface area contributed by atoms with Gasteiger partial charge in [0, 0.05) is 21.9 Å². The molecule has 1 atom stereocenters. The smallest absolute Gasteiger partial charge is 0.255 e. The molecule has 1 unspecified atom stereocenters. The highest BCUT2D eigenvalue weighted by atomic mass is 32.2. The molecule has 0 aromatic heterocycles. The zero-order chi connectivity index (χ0) is 17.9. The SMILES string of the molecule is CSc1ccc(NC(=O)c2cccc(C3(C)CCSC(N)=N3)c2)cc1. The lowest BCUT2D eigenvalue weighted by Crippen LogP contribution is -2.29. The van der Waals surface area contributed by atoms with Crippen molar-refractivity contribution in [2.45, 2.75) is 23.8 Å². The molecule has 1 amide bonds. The molecule has 1 aliphatic rings. The van der Waals surface area contributed by atoms with Gasteiger partial charge in [-0.15, -0.1) is 11.8 Å². The number of nitrogens with zero attached hydrogens (tertiary/aromatic N) is 1. The first-order chi connectivity index (χ1) is 12.0. The first-order valence-electron chi connectivity index (χ1n) is 8.04. The van der Waals surface area contributed by atoms with Crippen LogP contribution in [0.25, 0.3) is 0 Å². The average Bonchev–Trinajstić information content (AvgIpc) is 2.62. The van der Waals surface area contributed by atoms with Gasteiger partial charge >= 0.3 is 0 Å². The van der Waals surface area contributed by atoms with Crippen molar-refractivity contribution < 1.29 is 4.79 Å². The summed E-state index contributed by atoms with van der Waals surface area (Å²) in [6.45, 7) is 2.07. The molecule has 25 heavy (non-hydrogen) atoms. The molecule has 4 nitrogen and oxygen atoms in total. The van der Waals surface area contributed by atoms with Gasteiger partial charge in [0.05, 0.1) is 5.54 Å². The number of carbonyl (C=O) groups is 1. The van der Waals surface area contributed by atoms with Gasteiger partial charge in [-0.2, -0.15) is 0 Å². The number of benzene rings is 2. The molecular formula is C19H21N3OS2. The quantitative estimate of drug-likeness (QED) is 0.785. The van der Waals surface area contributed by atoms with E-state index in [1.807, 2.05) is 54.8 Å². The third kappa shape index (κ3) is 4.19. The Balaban J connectivity index is 1.80. The van der Waals surface area contributed by atoms with Gasteiger partial charge < -0.3 is 11.1 Å². The first-order valence-corrected chi connectivity index (χ1v) is 10.3. The maximum Gasteiger partial charge on any atom is 0.255 e. The number of amidine groups is 1. The number of thioether (sulfide) groups is 2. The molecule has 1 aliphatic heterocycles. The predicted molar refractivity (Wildman–Crippen MR) is 109 cm³/mol. The summed E-state index contributed by atoms with van der Waals surface area (Å²) in [4.78, 5) is 18.4. The lowest BCUT2D eigenvalue weighted by molar-refractivity contribution is 0.102. The van der Waals surface area contributed by atoms with Crippen LogP contribution in [0.5, 0.6) is 0 Å². The van der Waals surface area contributed by atoms with Gasteiger partial charge in [-0.1, -0.05) is 23.9 Å². The van der Waals surface area contributed by atoms with E-state index in [0.29, 0.717) is 10.7 Å². The lowest BCUT2D eigenvalue weighted by atomic mass is 9.88. The Morgan fingerprint density at radius 3 is 2.72 bits per heavy atom. The van der Waals surface area contributed by atoms with E-state index in [1.165, 1.54) is 4.90 Å². The number of nitrogens with one attached hydrogen (secondary N) is 1.